The number of H-pyrrole nitrogens is 1. The Kier molecular flexibility index (Phi) is 7.10. The zero-order valence-corrected chi connectivity index (χ0v) is 17.4. The lowest BCUT2D eigenvalue weighted by molar-refractivity contribution is 0.627. The number of unbranched alkanes of at least 4 members (excludes halogenated alkanes) is 1. The first kappa shape index (κ1) is 20.1. The number of aromatic nitrogens is 3. The fraction of sp³-hybridized carbons (Fsp3) is 0.300. The Labute approximate surface area is 173 Å². The molecule has 0 bridgehead atoms. The van der Waals surface area contributed by atoms with Crippen LogP contribution in [-0.2, 0) is 17.9 Å². The highest BCUT2D eigenvalue weighted by Gasteiger charge is 2.10. The first-order valence-corrected chi connectivity index (χ1v) is 10.8. The normalized spacial score (nSPS) is 11.1. The summed E-state index contributed by atoms with van der Waals surface area (Å²) in [4.78, 5) is 0. The van der Waals surface area contributed by atoms with Gasteiger partial charge in [0.05, 0.1) is 5.75 Å². The molecule has 0 radical (unpaired) electrons. The summed E-state index contributed by atoms with van der Waals surface area (Å²) in [6.45, 7) is 2.20. The SMILES string of the molecule is CCCCc1ccc(-n2c(CSCc3ccc(F)cc3Cl)n[nH]c2=S)cc1. The highest BCUT2D eigenvalue weighted by Crippen LogP contribution is 2.25. The maximum atomic E-state index is 13.2. The number of halogens is 2. The Morgan fingerprint density at radius 3 is 2.67 bits per heavy atom. The lowest BCUT2D eigenvalue weighted by atomic mass is 10.1. The third-order valence-corrected chi connectivity index (χ3v) is 5.86. The van der Waals surface area contributed by atoms with Crippen molar-refractivity contribution >= 4 is 35.6 Å². The van der Waals surface area contributed by atoms with E-state index in [0.29, 0.717) is 21.3 Å². The molecule has 0 amide bonds. The van der Waals surface area contributed by atoms with E-state index in [9.17, 15) is 4.39 Å². The molecule has 0 saturated carbocycles. The minimum absolute atomic E-state index is 0.322. The van der Waals surface area contributed by atoms with Gasteiger partial charge in [-0.3, -0.25) is 9.67 Å². The Hall–Kier alpha value is -1.63. The van der Waals surface area contributed by atoms with Gasteiger partial charge in [0.25, 0.3) is 0 Å². The Balaban J connectivity index is 1.70. The minimum atomic E-state index is -0.322. The van der Waals surface area contributed by atoms with Gasteiger partial charge in [-0.05, 0) is 60.5 Å². The summed E-state index contributed by atoms with van der Waals surface area (Å²) >= 11 is 13.2. The third-order valence-electron chi connectivity index (χ3n) is 4.26. The monoisotopic (exact) mass is 421 g/mol. The largest absolute Gasteiger partial charge is 0.271 e. The lowest BCUT2D eigenvalue weighted by Gasteiger charge is -2.09. The Morgan fingerprint density at radius 1 is 1.19 bits per heavy atom. The topological polar surface area (TPSA) is 33.6 Å². The van der Waals surface area contributed by atoms with E-state index >= 15 is 0 Å². The number of rotatable bonds is 8. The van der Waals surface area contributed by atoms with E-state index in [0.717, 1.165) is 23.5 Å². The van der Waals surface area contributed by atoms with Crippen LogP contribution >= 0.6 is 35.6 Å². The molecule has 1 heterocycles. The second kappa shape index (κ2) is 9.53. The molecule has 0 fully saturated rings. The molecule has 2 aromatic carbocycles. The van der Waals surface area contributed by atoms with E-state index in [1.165, 1.54) is 30.5 Å². The van der Waals surface area contributed by atoms with Crippen LogP contribution in [0.25, 0.3) is 5.69 Å². The molecule has 3 nitrogen and oxygen atoms in total. The zero-order chi connectivity index (χ0) is 19.2. The summed E-state index contributed by atoms with van der Waals surface area (Å²) in [5.74, 6) is 1.87. The molecule has 27 heavy (non-hydrogen) atoms. The van der Waals surface area contributed by atoms with Crippen LogP contribution in [-0.4, -0.2) is 14.8 Å². The molecule has 0 spiro atoms. The van der Waals surface area contributed by atoms with E-state index in [4.69, 9.17) is 23.8 Å². The van der Waals surface area contributed by atoms with Crippen molar-refractivity contribution in [3.05, 3.63) is 75.0 Å². The fourth-order valence-electron chi connectivity index (χ4n) is 2.78. The van der Waals surface area contributed by atoms with Crippen molar-refractivity contribution in [2.75, 3.05) is 0 Å². The summed E-state index contributed by atoms with van der Waals surface area (Å²) < 4.78 is 15.7. The second-order valence-electron chi connectivity index (χ2n) is 6.28. The highest BCUT2D eigenvalue weighted by atomic mass is 35.5. The Morgan fingerprint density at radius 2 is 1.96 bits per heavy atom. The summed E-state index contributed by atoms with van der Waals surface area (Å²) in [5.41, 5.74) is 3.24. The first-order valence-electron chi connectivity index (χ1n) is 8.85. The number of aryl methyl sites for hydroxylation is 1. The van der Waals surface area contributed by atoms with Gasteiger partial charge >= 0.3 is 0 Å². The summed E-state index contributed by atoms with van der Waals surface area (Å²) in [6, 6.07) is 13.0. The van der Waals surface area contributed by atoms with Crippen molar-refractivity contribution in [2.24, 2.45) is 0 Å². The van der Waals surface area contributed by atoms with Crippen LogP contribution < -0.4 is 0 Å². The van der Waals surface area contributed by atoms with Crippen molar-refractivity contribution in [1.82, 2.24) is 14.8 Å². The van der Waals surface area contributed by atoms with E-state index in [2.05, 4.69) is 41.4 Å². The van der Waals surface area contributed by atoms with Gasteiger partial charge in [-0.1, -0.05) is 43.1 Å². The van der Waals surface area contributed by atoms with E-state index in [1.807, 2.05) is 4.57 Å². The first-order chi connectivity index (χ1) is 13.1. The summed E-state index contributed by atoms with van der Waals surface area (Å²) in [6.07, 6.45) is 3.47. The van der Waals surface area contributed by atoms with Crippen LogP contribution in [0.3, 0.4) is 0 Å². The molecular weight excluding hydrogens is 401 g/mol. The zero-order valence-electron chi connectivity index (χ0n) is 15.0. The minimum Gasteiger partial charge on any atom is -0.271 e. The van der Waals surface area contributed by atoms with Crippen LogP contribution in [0.4, 0.5) is 4.39 Å². The number of nitrogens with zero attached hydrogens (tertiary/aromatic N) is 2. The number of thioether (sulfide) groups is 1. The molecule has 0 saturated heterocycles. The predicted octanol–water partition coefficient (Wildman–Crippen LogP) is 6.50. The molecule has 142 valence electrons. The van der Waals surface area contributed by atoms with Crippen LogP contribution in [0, 0.1) is 10.6 Å². The summed E-state index contributed by atoms with van der Waals surface area (Å²) in [5, 5.41) is 7.69. The number of hydrogen-bond acceptors (Lipinski definition) is 3. The lowest BCUT2D eigenvalue weighted by Crippen LogP contribution is -2.01. The molecule has 3 rings (SSSR count). The Bertz CT molecular complexity index is 951. The molecule has 3 aromatic rings. The average molecular weight is 422 g/mol. The van der Waals surface area contributed by atoms with Gasteiger partial charge in [-0.25, -0.2) is 4.39 Å². The van der Waals surface area contributed by atoms with Crippen LogP contribution in [0.1, 0.15) is 36.7 Å². The van der Waals surface area contributed by atoms with Gasteiger partial charge in [-0.15, -0.1) is 11.8 Å². The standard InChI is InChI=1S/C20H21ClFN3S2/c1-2-3-4-14-5-9-17(10-6-14)25-19(23-24-20(25)26)13-27-12-15-7-8-16(22)11-18(15)21/h5-11H,2-4,12-13H2,1H3,(H,24,26). The van der Waals surface area contributed by atoms with Crippen molar-refractivity contribution in [2.45, 2.75) is 37.7 Å². The third kappa shape index (κ3) is 5.21. The molecular formula is C20H21ClFN3S2. The van der Waals surface area contributed by atoms with Gasteiger partial charge < -0.3 is 0 Å². The second-order valence-corrected chi connectivity index (χ2v) is 8.06. The molecule has 0 atom stereocenters. The number of benzene rings is 2. The number of aromatic amines is 1. The van der Waals surface area contributed by atoms with Gasteiger partial charge in [-0.2, -0.15) is 5.10 Å². The molecule has 0 aliphatic rings. The highest BCUT2D eigenvalue weighted by molar-refractivity contribution is 7.97. The molecule has 1 aromatic heterocycles. The van der Waals surface area contributed by atoms with Gasteiger partial charge in [0.1, 0.15) is 11.6 Å². The van der Waals surface area contributed by atoms with E-state index < -0.39 is 0 Å². The molecule has 0 aliphatic heterocycles. The van der Waals surface area contributed by atoms with E-state index in [-0.39, 0.29) is 5.82 Å². The quantitative estimate of drug-likeness (QED) is 0.421. The van der Waals surface area contributed by atoms with E-state index in [1.54, 1.807) is 17.8 Å². The van der Waals surface area contributed by atoms with Gasteiger partial charge in [0.2, 0.25) is 0 Å². The van der Waals surface area contributed by atoms with Crippen molar-refractivity contribution in [1.29, 1.82) is 0 Å². The van der Waals surface area contributed by atoms with Crippen molar-refractivity contribution in [3.63, 3.8) is 0 Å². The number of nitrogens with one attached hydrogen (secondary N) is 1. The molecule has 7 heteroatoms. The maximum Gasteiger partial charge on any atom is 0.199 e. The smallest absolute Gasteiger partial charge is 0.199 e. The van der Waals surface area contributed by atoms with Gasteiger partial charge in [0.15, 0.2) is 4.77 Å². The summed E-state index contributed by atoms with van der Waals surface area (Å²) in [7, 11) is 0. The molecule has 1 N–H and O–H groups in total. The predicted molar refractivity (Wildman–Crippen MR) is 114 cm³/mol. The van der Waals surface area contributed by atoms with Crippen LogP contribution in [0.2, 0.25) is 5.02 Å². The van der Waals surface area contributed by atoms with Crippen LogP contribution in [0.15, 0.2) is 42.5 Å². The maximum absolute atomic E-state index is 13.2. The molecule has 0 unspecified atom stereocenters. The molecule has 0 aliphatic carbocycles. The fourth-order valence-corrected chi connectivity index (χ4v) is 4.30. The van der Waals surface area contributed by atoms with Crippen molar-refractivity contribution < 1.29 is 4.39 Å². The number of hydrogen-bond donors (Lipinski definition) is 1. The average Bonchev–Trinajstić information content (AvgIpc) is 3.03. The van der Waals surface area contributed by atoms with Crippen molar-refractivity contribution in [3.8, 4) is 5.69 Å². The van der Waals surface area contributed by atoms with Gasteiger partial charge in [0, 0.05) is 16.5 Å². The van der Waals surface area contributed by atoms with Crippen LogP contribution in [0.5, 0.6) is 0 Å².